The monoisotopic (exact) mass is 520 g/mol. The highest BCUT2D eigenvalue weighted by Gasteiger charge is 2.31. The van der Waals surface area contributed by atoms with Crippen LogP contribution in [-0.4, -0.2) is 88.5 Å². The molecule has 200 valence electrons. The van der Waals surface area contributed by atoms with E-state index in [-0.39, 0.29) is 19.3 Å². The largest absolute Gasteiger partial charge is 0.481 e. The van der Waals surface area contributed by atoms with Crippen LogP contribution in [0.2, 0.25) is 0 Å². The minimum atomic E-state index is -1.64. The lowest BCUT2D eigenvalue weighted by Gasteiger charge is -2.24. The van der Waals surface area contributed by atoms with Gasteiger partial charge in [-0.15, -0.1) is 0 Å². The van der Waals surface area contributed by atoms with E-state index in [0.29, 0.717) is 31.6 Å². The normalized spacial score (nSPS) is 14.1. The van der Waals surface area contributed by atoms with Crippen LogP contribution in [0.15, 0.2) is 0 Å². The molecule has 0 aromatic carbocycles. The number of amides is 4. The first-order chi connectivity index (χ1) is 16.4. The van der Waals surface area contributed by atoms with Gasteiger partial charge in [0.15, 0.2) is 0 Å². The first kappa shape index (κ1) is 32.1. The average molecular weight is 521 g/mol. The van der Waals surface area contributed by atoms with Crippen LogP contribution >= 0.6 is 11.8 Å². The van der Waals surface area contributed by atoms with Gasteiger partial charge in [0.25, 0.3) is 0 Å². The van der Waals surface area contributed by atoms with Crippen molar-refractivity contribution in [2.75, 3.05) is 18.6 Å². The van der Waals surface area contributed by atoms with E-state index >= 15 is 0 Å². The van der Waals surface area contributed by atoms with Gasteiger partial charge in [-0.1, -0.05) is 0 Å². The number of primary amides is 1. The lowest BCUT2D eigenvalue weighted by molar-refractivity contribution is -0.143. The molecule has 4 amide bonds. The molecular weight excluding hydrogens is 484 g/mol. The van der Waals surface area contributed by atoms with Crippen molar-refractivity contribution in [1.29, 1.82) is 0 Å². The van der Waals surface area contributed by atoms with Crippen molar-refractivity contribution in [3.63, 3.8) is 0 Å². The Hall–Kier alpha value is -2.91. The maximum absolute atomic E-state index is 12.9. The Morgan fingerprint density at radius 2 is 1.40 bits per heavy atom. The Bertz CT molecular complexity index is 753. The van der Waals surface area contributed by atoms with Gasteiger partial charge in [-0.2, -0.15) is 11.8 Å². The number of rotatable bonds is 19. The standard InChI is InChI=1S/C20H36N6O8S/c1-35-9-7-11(22)17(30)24-12(4-2-3-8-21)18(31)26-14(10-16(28)29)19(32)25-13(20(33)34)5-6-15(23)27/h11-14H,2-10,21-22H2,1H3,(H2,23,27)(H,24,30)(H,25,32)(H,26,31)(H,28,29)(H,33,34). The van der Waals surface area contributed by atoms with Crippen molar-refractivity contribution in [3.8, 4) is 0 Å². The molecule has 0 rings (SSSR count). The molecule has 0 spiro atoms. The van der Waals surface area contributed by atoms with Crippen molar-refractivity contribution in [2.45, 2.75) is 69.1 Å². The third kappa shape index (κ3) is 14.2. The fourth-order valence-electron chi connectivity index (χ4n) is 2.89. The molecule has 4 atom stereocenters. The molecule has 0 aliphatic rings. The first-order valence-electron chi connectivity index (χ1n) is 11.0. The summed E-state index contributed by atoms with van der Waals surface area (Å²) in [6.07, 6.45) is 1.88. The number of nitrogens with two attached hydrogens (primary N) is 3. The number of hydrogen-bond donors (Lipinski definition) is 8. The summed E-state index contributed by atoms with van der Waals surface area (Å²) in [7, 11) is 0. The number of carboxylic acid groups (broad SMARTS) is 2. The maximum Gasteiger partial charge on any atom is 0.326 e. The van der Waals surface area contributed by atoms with Gasteiger partial charge in [0, 0.05) is 6.42 Å². The van der Waals surface area contributed by atoms with Crippen LogP contribution in [0.5, 0.6) is 0 Å². The van der Waals surface area contributed by atoms with Gasteiger partial charge < -0.3 is 43.4 Å². The van der Waals surface area contributed by atoms with Crippen LogP contribution in [0.1, 0.15) is 44.9 Å². The second-order valence-corrected chi connectivity index (χ2v) is 8.78. The van der Waals surface area contributed by atoms with Gasteiger partial charge in [0.1, 0.15) is 18.1 Å². The van der Waals surface area contributed by atoms with E-state index in [1.54, 1.807) is 0 Å². The van der Waals surface area contributed by atoms with E-state index in [4.69, 9.17) is 22.3 Å². The summed E-state index contributed by atoms with van der Waals surface area (Å²) in [6, 6.07) is -5.16. The third-order valence-corrected chi connectivity index (χ3v) is 5.50. The zero-order valence-electron chi connectivity index (χ0n) is 19.7. The number of nitrogens with one attached hydrogen (secondary N) is 3. The summed E-state index contributed by atoms with van der Waals surface area (Å²) < 4.78 is 0. The topological polar surface area (TPSA) is 257 Å². The lowest BCUT2D eigenvalue weighted by atomic mass is 10.1. The Morgan fingerprint density at radius 1 is 0.829 bits per heavy atom. The average Bonchev–Trinajstić information content (AvgIpc) is 2.77. The molecule has 0 bridgehead atoms. The maximum atomic E-state index is 12.9. The molecule has 0 fully saturated rings. The van der Waals surface area contributed by atoms with E-state index in [2.05, 4.69) is 16.0 Å². The van der Waals surface area contributed by atoms with E-state index in [1.807, 2.05) is 6.26 Å². The molecule has 11 N–H and O–H groups in total. The Morgan fingerprint density at radius 3 is 1.91 bits per heavy atom. The summed E-state index contributed by atoms with van der Waals surface area (Å²) in [4.78, 5) is 71.5. The van der Waals surface area contributed by atoms with E-state index < -0.39 is 66.2 Å². The molecule has 0 saturated heterocycles. The van der Waals surface area contributed by atoms with Gasteiger partial charge in [0.05, 0.1) is 12.5 Å². The van der Waals surface area contributed by atoms with Crippen molar-refractivity contribution in [1.82, 2.24) is 16.0 Å². The fourth-order valence-corrected chi connectivity index (χ4v) is 3.38. The number of thioether (sulfide) groups is 1. The Kier molecular flexibility index (Phi) is 16.1. The number of aliphatic carboxylic acids is 2. The van der Waals surface area contributed by atoms with Gasteiger partial charge in [-0.05, 0) is 50.7 Å². The highest BCUT2D eigenvalue weighted by molar-refractivity contribution is 7.98. The van der Waals surface area contributed by atoms with Crippen molar-refractivity contribution in [2.24, 2.45) is 17.2 Å². The molecular formula is C20H36N6O8S. The zero-order valence-corrected chi connectivity index (χ0v) is 20.5. The minimum absolute atomic E-state index is 0.155. The zero-order chi connectivity index (χ0) is 27.0. The van der Waals surface area contributed by atoms with Crippen molar-refractivity contribution >= 4 is 47.3 Å². The number of carboxylic acids is 2. The second kappa shape index (κ2) is 17.5. The summed E-state index contributed by atoms with van der Waals surface area (Å²) in [6.45, 7) is 0.349. The van der Waals surface area contributed by atoms with Gasteiger partial charge >= 0.3 is 11.9 Å². The quantitative estimate of drug-likeness (QED) is 0.0824. The van der Waals surface area contributed by atoms with E-state index in [1.165, 1.54) is 11.8 Å². The molecule has 0 aromatic rings. The fraction of sp³-hybridized carbons (Fsp3) is 0.700. The van der Waals surface area contributed by atoms with Crippen LogP contribution in [-0.2, 0) is 28.8 Å². The molecule has 0 radical (unpaired) electrons. The summed E-state index contributed by atoms with van der Waals surface area (Å²) in [5, 5.41) is 25.3. The van der Waals surface area contributed by atoms with Gasteiger partial charge in [-0.3, -0.25) is 24.0 Å². The first-order valence-corrected chi connectivity index (χ1v) is 12.4. The lowest BCUT2D eigenvalue weighted by Crippen LogP contribution is -2.57. The van der Waals surface area contributed by atoms with Gasteiger partial charge in [0.2, 0.25) is 23.6 Å². The number of carbonyl (C=O) groups is 6. The SMILES string of the molecule is CSCCC(N)C(=O)NC(CCCCN)C(=O)NC(CC(=O)O)C(=O)NC(CCC(N)=O)C(=O)O. The van der Waals surface area contributed by atoms with E-state index in [0.717, 1.165) is 0 Å². The number of hydrogen-bond acceptors (Lipinski definition) is 9. The third-order valence-electron chi connectivity index (χ3n) is 4.86. The highest BCUT2D eigenvalue weighted by atomic mass is 32.2. The van der Waals surface area contributed by atoms with Crippen LogP contribution in [0, 0.1) is 0 Å². The molecule has 0 heterocycles. The molecule has 4 unspecified atom stereocenters. The molecule has 35 heavy (non-hydrogen) atoms. The molecule has 0 aliphatic carbocycles. The van der Waals surface area contributed by atoms with Crippen molar-refractivity contribution < 1.29 is 39.0 Å². The molecule has 15 heteroatoms. The van der Waals surface area contributed by atoms with Gasteiger partial charge in [-0.25, -0.2) is 4.79 Å². The Labute approximate surface area is 207 Å². The molecule has 0 saturated carbocycles. The smallest absolute Gasteiger partial charge is 0.326 e. The minimum Gasteiger partial charge on any atom is -0.481 e. The molecule has 0 aliphatic heterocycles. The number of carbonyl (C=O) groups excluding carboxylic acids is 4. The summed E-state index contributed by atoms with van der Waals surface area (Å²) >= 11 is 1.50. The Balaban J connectivity index is 5.49. The predicted molar refractivity (Wildman–Crippen MR) is 128 cm³/mol. The van der Waals surface area contributed by atoms with Crippen LogP contribution in [0.25, 0.3) is 0 Å². The van der Waals surface area contributed by atoms with E-state index in [9.17, 15) is 33.9 Å². The summed E-state index contributed by atoms with van der Waals surface area (Å²) in [5.74, 6) is -5.56. The molecule has 14 nitrogen and oxygen atoms in total. The number of unbranched alkanes of at least 4 members (excludes halogenated alkanes) is 1. The summed E-state index contributed by atoms with van der Waals surface area (Å²) in [5.41, 5.74) is 16.3. The second-order valence-electron chi connectivity index (χ2n) is 7.80. The predicted octanol–water partition coefficient (Wildman–Crippen LogP) is -2.52. The van der Waals surface area contributed by atoms with Crippen LogP contribution in [0.3, 0.4) is 0 Å². The van der Waals surface area contributed by atoms with Crippen LogP contribution < -0.4 is 33.2 Å². The van der Waals surface area contributed by atoms with Crippen LogP contribution in [0.4, 0.5) is 0 Å². The highest BCUT2D eigenvalue weighted by Crippen LogP contribution is 2.06. The van der Waals surface area contributed by atoms with Crippen molar-refractivity contribution in [3.05, 3.63) is 0 Å². The molecule has 0 aromatic heterocycles.